The molecule has 3 aromatic rings. The molecule has 0 heterocycles. The van der Waals surface area contributed by atoms with Crippen LogP contribution in [0.15, 0.2) is 78.9 Å². The van der Waals surface area contributed by atoms with E-state index >= 15 is 0 Å². The number of nitrogens with one attached hydrogen (secondary N) is 1. The van der Waals surface area contributed by atoms with E-state index in [2.05, 4.69) is 58.7 Å². The number of hydrogen-bond donors (Lipinski definition) is 1. The fourth-order valence-corrected chi connectivity index (χ4v) is 3.51. The van der Waals surface area contributed by atoms with E-state index < -0.39 is 0 Å². The molecule has 0 aliphatic heterocycles. The van der Waals surface area contributed by atoms with E-state index in [1.807, 2.05) is 18.2 Å². The molecule has 0 spiro atoms. The highest BCUT2D eigenvalue weighted by Crippen LogP contribution is 2.25. The Morgan fingerprint density at radius 3 is 1.79 bits per heavy atom. The third kappa shape index (κ3) is 6.23. The molecule has 1 N–H and O–H groups in total. The highest BCUT2D eigenvalue weighted by molar-refractivity contribution is 7.80. The maximum absolute atomic E-state index is 6.13. The van der Waals surface area contributed by atoms with Crippen LogP contribution in [0.2, 0.25) is 10.0 Å². The van der Waals surface area contributed by atoms with Crippen LogP contribution in [-0.2, 0) is 12.8 Å². The van der Waals surface area contributed by atoms with Crippen LogP contribution in [-0.4, -0.2) is 23.1 Å². The maximum Gasteiger partial charge on any atom is 0.173 e. The number of nitrogens with zero attached hydrogens (tertiary/aromatic N) is 1. The average molecular weight is 429 g/mol. The van der Waals surface area contributed by atoms with Gasteiger partial charge >= 0.3 is 0 Å². The van der Waals surface area contributed by atoms with Gasteiger partial charge in [-0.25, -0.2) is 0 Å². The number of thiocarbonyl (C=S) groups is 1. The molecule has 0 saturated heterocycles. The van der Waals surface area contributed by atoms with Crippen molar-refractivity contribution in [3.63, 3.8) is 0 Å². The Kier molecular flexibility index (Phi) is 7.72. The van der Waals surface area contributed by atoms with Gasteiger partial charge in [0.1, 0.15) is 0 Å². The SMILES string of the molecule is S=C(Nc1ccc(Cl)c(Cl)c1)N(CCc1ccccc1)CCc1ccccc1. The van der Waals surface area contributed by atoms with E-state index in [4.69, 9.17) is 35.4 Å². The molecule has 0 saturated carbocycles. The zero-order valence-corrected chi connectivity index (χ0v) is 17.8. The first-order valence-corrected chi connectivity index (χ1v) is 10.4. The number of benzene rings is 3. The first-order chi connectivity index (χ1) is 13.6. The van der Waals surface area contributed by atoms with Crippen molar-refractivity contribution in [2.24, 2.45) is 0 Å². The molecule has 3 rings (SSSR count). The Labute approximate surface area is 182 Å². The Bertz CT molecular complexity index is 857. The average Bonchev–Trinajstić information content (AvgIpc) is 2.72. The van der Waals surface area contributed by atoms with Crippen molar-refractivity contribution in [1.82, 2.24) is 4.90 Å². The van der Waals surface area contributed by atoms with Crippen LogP contribution >= 0.6 is 35.4 Å². The standard InChI is InChI=1S/C23H22Cl2N2S/c24-21-12-11-20(17-22(21)25)26-23(28)27(15-13-18-7-3-1-4-8-18)16-14-19-9-5-2-6-10-19/h1-12,17H,13-16H2,(H,26,28). The predicted molar refractivity (Wildman–Crippen MR) is 125 cm³/mol. The normalized spacial score (nSPS) is 10.5. The molecule has 0 fully saturated rings. The zero-order valence-electron chi connectivity index (χ0n) is 15.4. The van der Waals surface area contributed by atoms with Gasteiger partial charge in [0.2, 0.25) is 0 Å². The van der Waals surface area contributed by atoms with Crippen LogP contribution in [0.3, 0.4) is 0 Å². The van der Waals surface area contributed by atoms with E-state index in [1.165, 1.54) is 11.1 Å². The second-order valence-electron chi connectivity index (χ2n) is 6.52. The molecule has 0 amide bonds. The molecular formula is C23H22Cl2N2S. The third-order valence-electron chi connectivity index (χ3n) is 4.48. The Morgan fingerprint density at radius 2 is 1.29 bits per heavy atom. The van der Waals surface area contributed by atoms with Crippen molar-refractivity contribution in [3.05, 3.63) is 100 Å². The summed E-state index contributed by atoms with van der Waals surface area (Å²) >= 11 is 17.8. The van der Waals surface area contributed by atoms with Crippen LogP contribution in [0.5, 0.6) is 0 Å². The van der Waals surface area contributed by atoms with Crippen molar-refractivity contribution in [1.29, 1.82) is 0 Å². The Morgan fingerprint density at radius 1 is 0.750 bits per heavy atom. The molecule has 2 nitrogen and oxygen atoms in total. The fraction of sp³-hybridized carbons (Fsp3) is 0.174. The van der Waals surface area contributed by atoms with Crippen molar-refractivity contribution in [2.45, 2.75) is 12.8 Å². The Hall–Kier alpha value is -2.07. The monoisotopic (exact) mass is 428 g/mol. The van der Waals surface area contributed by atoms with Crippen LogP contribution in [0, 0.1) is 0 Å². The first-order valence-electron chi connectivity index (χ1n) is 9.20. The van der Waals surface area contributed by atoms with Crippen molar-refractivity contribution in [2.75, 3.05) is 18.4 Å². The fourth-order valence-electron chi connectivity index (χ4n) is 2.91. The smallest absolute Gasteiger partial charge is 0.173 e. The molecule has 0 aromatic heterocycles. The number of hydrogen-bond acceptors (Lipinski definition) is 1. The summed E-state index contributed by atoms with van der Waals surface area (Å²) < 4.78 is 0. The van der Waals surface area contributed by atoms with Gasteiger partial charge in [0, 0.05) is 18.8 Å². The second kappa shape index (κ2) is 10.5. The topological polar surface area (TPSA) is 15.3 Å². The van der Waals surface area contributed by atoms with Crippen LogP contribution in [0.4, 0.5) is 5.69 Å². The van der Waals surface area contributed by atoms with Crippen molar-refractivity contribution in [3.8, 4) is 0 Å². The minimum atomic E-state index is 0.509. The van der Waals surface area contributed by atoms with Gasteiger partial charge in [0.25, 0.3) is 0 Å². The molecule has 0 bridgehead atoms. The highest BCUT2D eigenvalue weighted by atomic mass is 35.5. The van der Waals surface area contributed by atoms with Crippen LogP contribution in [0.25, 0.3) is 0 Å². The largest absolute Gasteiger partial charge is 0.348 e. The molecule has 0 unspecified atom stereocenters. The third-order valence-corrected chi connectivity index (χ3v) is 5.58. The van der Waals surface area contributed by atoms with Crippen LogP contribution in [0.1, 0.15) is 11.1 Å². The lowest BCUT2D eigenvalue weighted by Gasteiger charge is -2.26. The van der Waals surface area contributed by atoms with Crippen LogP contribution < -0.4 is 5.32 Å². The summed E-state index contributed by atoms with van der Waals surface area (Å²) in [4.78, 5) is 2.21. The molecule has 0 atom stereocenters. The highest BCUT2D eigenvalue weighted by Gasteiger charge is 2.11. The van der Waals surface area contributed by atoms with Gasteiger partial charge in [-0.05, 0) is 54.4 Å². The number of halogens is 2. The van der Waals surface area contributed by atoms with Gasteiger partial charge in [-0.15, -0.1) is 0 Å². The minimum Gasteiger partial charge on any atom is -0.348 e. The van der Waals surface area contributed by atoms with E-state index in [0.717, 1.165) is 31.6 Å². The zero-order chi connectivity index (χ0) is 19.8. The first kappa shape index (κ1) is 20.7. The lowest BCUT2D eigenvalue weighted by atomic mass is 10.1. The van der Waals surface area contributed by atoms with E-state index in [0.29, 0.717) is 15.2 Å². The van der Waals surface area contributed by atoms with E-state index in [1.54, 1.807) is 12.1 Å². The number of rotatable bonds is 7. The Balaban J connectivity index is 1.67. The predicted octanol–water partition coefficient (Wildman–Crippen LogP) is 6.48. The molecule has 3 aromatic carbocycles. The van der Waals surface area contributed by atoms with Gasteiger partial charge in [-0.2, -0.15) is 0 Å². The lowest BCUT2D eigenvalue weighted by molar-refractivity contribution is 0.432. The summed E-state index contributed by atoms with van der Waals surface area (Å²) in [5, 5.41) is 5.02. The van der Waals surface area contributed by atoms with Gasteiger partial charge in [-0.1, -0.05) is 83.9 Å². The van der Waals surface area contributed by atoms with Crippen molar-refractivity contribution >= 4 is 46.2 Å². The molecular weight excluding hydrogens is 407 g/mol. The quantitative estimate of drug-likeness (QED) is 0.433. The van der Waals surface area contributed by atoms with Gasteiger partial charge in [0.05, 0.1) is 10.0 Å². The molecule has 0 aliphatic carbocycles. The second-order valence-corrected chi connectivity index (χ2v) is 7.72. The summed E-state index contributed by atoms with van der Waals surface area (Å²) in [6, 6.07) is 26.4. The van der Waals surface area contributed by atoms with Crippen molar-refractivity contribution < 1.29 is 0 Å². The maximum atomic E-state index is 6.13. The summed E-state index contributed by atoms with van der Waals surface area (Å²) in [5.74, 6) is 0. The van der Waals surface area contributed by atoms with Gasteiger partial charge in [-0.3, -0.25) is 0 Å². The molecule has 0 radical (unpaired) electrons. The summed E-state index contributed by atoms with van der Waals surface area (Å²) in [7, 11) is 0. The number of anilines is 1. The summed E-state index contributed by atoms with van der Waals surface area (Å²) in [6.45, 7) is 1.67. The molecule has 5 heteroatoms. The lowest BCUT2D eigenvalue weighted by Crippen LogP contribution is -2.37. The molecule has 0 aliphatic rings. The molecule has 144 valence electrons. The van der Waals surface area contributed by atoms with E-state index in [-0.39, 0.29) is 0 Å². The minimum absolute atomic E-state index is 0.509. The molecule has 28 heavy (non-hydrogen) atoms. The summed E-state index contributed by atoms with van der Waals surface area (Å²) in [5.41, 5.74) is 3.43. The van der Waals surface area contributed by atoms with E-state index in [9.17, 15) is 0 Å². The van der Waals surface area contributed by atoms with Gasteiger partial charge in [0.15, 0.2) is 5.11 Å². The van der Waals surface area contributed by atoms with Gasteiger partial charge < -0.3 is 10.2 Å². The summed E-state index contributed by atoms with van der Waals surface area (Å²) in [6.07, 6.45) is 1.86.